The van der Waals surface area contributed by atoms with E-state index in [0.717, 1.165) is 24.8 Å². The second-order valence-electron chi connectivity index (χ2n) is 5.53. The van der Waals surface area contributed by atoms with Crippen molar-refractivity contribution in [2.75, 3.05) is 20.3 Å². The minimum absolute atomic E-state index is 0.113. The van der Waals surface area contributed by atoms with Crippen LogP contribution in [0.2, 0.25) is 0 Å². The van der Waals surface area contributed by atoms with Crippen LogP contribution in [0.4, 0.5) is 0 Å². The van der Waals surface area contributed by atoms with Crippen LogP contribution in [0.3, 0.4) is 0 Å². The molecule has 2 rings (SSSR count). The number of benzene rings is 1. The second-order valence-corrected chi connectivity index (χ2v) is 5.53. The Labute approximate surface area is 124 Å². The van der Waals surface area contributed by atoms with Gasteiger partial charge in [-0.2, -0.15) is 0 Å². The molecule has 0 spiro atoms. The molecule has 5 heteroatoms. The van der Waals surface area contributed by atoms with Crippen molar-refractivity contribution >= 4 is 11.9 Å². The van der Waals surface area contributed by atoms with Crippen LogP contribution in [-0.2, 0) is 16.0 Å². The smallest absolute Gasteiger partial charge is 0.335 e. The molecule has 1 aliphatic carbocycles. The zero-order chi connectivity index (χ0) is 15.3. The Balaban J connectivity index is 1.76. The Bertz CT molecular complexity index is 506. The third kappa shape index (κ3) is 4.04. The van der Waals surface area contributed by atoms with Crippen LogP contribution < -0.4 is 5.32 Å². The first-order chi connectivity index (χ1) is 10.1. The molecule has 21 heavy (non-hydrogen) atoms. The summed E-state index contributed by atoms with van der Waals surface area (Å²) in [6.07, 6.45) is 3.36. The minimum atomic E-state index is -0.927. The first-order valence-corrected chi connectivity index (χ1v) is 7.17. The Morgan fingerprint density at radius 1 is 1.29 bits per heavy atom. The number of methoxy groups -OCH3 is 1. The summed E-state index contributed by atoms with van der Waals surface area (Å²) in [5.74, 6) is -0.814. The molecule has 1 saturated carbocycles. The number of carbonyl (C=O) groups is 2. The molecule has 0 aliphatic heterocycles. The molecule has 0 bridgehead atoms. The Hall–Kier alpha value is -1.88. The van der Waals surface area contributed by atoms with Gasteiger partial charge in [0.05, 0.1) is 11.0 Å². The van der Waals surface area contributed by atoms with Gasteiger partial charge in [0.1, 0.15) is 0 Å². The number of carbonyl (C=O) groups excluding carboxylic acids is 1. The predicted molar refractivity (Wildman–Crippen MR) is 78.3 cm³/mol. The highest BCUT2D eigenvalue weighted by atomic mass is 16.5. The van der Waals surface area contributed by atoms with E-state index in [1.54, 1.807) is 31.4 Å². The molecule has 0 unspecified atom stereocenters. The van der Waals surface area contributed by atoms with Crippen molar-refractivity contribution in [1.82, 2.24) is 5.32 Å². The van der Waals surface area contributed by atoms with Gasteiger partial charge >= 0.3 is 5.97 Å². The van der Waals surface area contributed by atoms with E-state index in [-0.39, 0.29) is 16.9 Å². The summed E-state index contributed by atoms with van der Waals surface area (Å²) >= 11 is 0. The molecule has 5 nitrogen and oxygen atoms in total. The van der Waals surface area contributed by atoms with Crippen LogP contribution >= 0.6 is 0 Å². The molecule has 114 valence electrons. The number of ether oxygens (including phenoxy) is 1. The summed E-state index contributed by atoms with van der Waals surface area (Å²) in [6.45, 7) is 1.18. The van der Waals surface area contributed by atoms with Gasteiger partial charge in [0, 0.05) is 20.3 Å². The number of amides is 1. The van der Waals surface area contributed by atoms with Gasteiger partial charge in [0.15, 0.2) is 0 Å². The zero-order valence-electron chi connectivity index (χ0n) is 12.2. The molecule has 1 fully saturated rings. The molecule has 2 N–H and O–H groups in total. The number of carboxylic acid groups (broad SMARTS) is 1. The number of aromatic carboxylic acids is 1. The summed E-state index contributed by atoms with van der Waals surface area (Å²) < 4.78 is 5.04. The van der Waals surface area contributed by atoms with E-state index in [1.165, 1.54) is 0 Å². The van der Waals surface area contributed by atoms with Gasteiger partial charge in [0.2, 0.25) is 5.91 Å². The van der Waals surface area contributed by atoms with Crippen LogP contribution in [0.15, 0.2) is 24.3 Å². The lowest BCUT2D eigenvalue weighted by Gasteiger charge is -2.14. The average Bonchev–Trinajstić information content (AvgIpc) is 3.27. The standard InChI is InChI=1S/C16H21NO4/c1-21-11-9-16(7-8-16)15(20)17-10-6-12-2-4-13(5-3-12)14(18)19/h2-5H,6-11H2,1H3,(H,17,20)(H,18,19). The van der Waals surface area contributed by atoms with Gasteiger partial charge in [0.25, 0.3) is 0 Å². The van der Waals surface area contributed by atoms with E-state index in [4.69, 9.17) is 9.84 Å². The summed E-state index contributed by atoms with van der Waals surface area (Å²) in [6, 6.07) is 6.74. The summed E-state index contributed by atoms with van der Waals surface area (Å²) in [5.41, 5.74) is 1.09. The maximum atomic E-state index is 12.1. The lowest BCUT2D eigenvalue weighted by atomic mass is 10.0. The molecule has 0 saturated heterocycles. The molecule has 1 aliphatic rings. The van der Waals surface area contributed by atoms with E-state index in [1.807, 2.05) is 0 Å². The monoisotopic (exact) mass is 291 g/mol. The SMILES string of the molecule is COCCC1(C(=O)NCCc2ccc(C(=O)O)cc2)CC1. The van der Waals surface area contributed by atoms with Crippen LogP contribution in [0.1, 0.15) is 35.2 Å². The number of rotatable bonds is 8. The van der Waals surface area contributed by atoms with E-state index in [2.05, 4.69) is 5.32 Å². The van der Waals surface area contributed by atoms with Crippen molar-refractivity contribution in [3.63, 3.8) is 0 Å². The molecule has 0 heterocycles. The molecule has 0 aromatic heterocycles. The fourth-order valence-corrected chi connectivity index (χ4v) is 2.36. The van der Waals surface area contributed by atoms with E-state index in [0.29, 0.717) is 19.6 Å². The van der Waals surface area contributed by atoms with E-state index < -0.39 is 5.97 Å². The third-order valence-corrected chi connectivity index (χ3v) is 4.02. The van der Waals surface area contributed by atoms with Crippen molar-refractivity contribution in [2.24, 2.45) is 5.41 Å². The number of nitrogens with one attached hydrogen (secondary N) is 1. The van der Waals surface area contributed by atoms with E-state index in [9.17, 15) is 9.59 Å². The Morgan fingerprint density at radius 3 is 2.48 bits per heavy atom. The Kier molecular flexibility index (Phi) is 4.96. The van der Waals surface area contributed by atoms with Gasteiger partial charge < -0.3 is 15.2 Å². The van der Waals surface area contributed by atoms with Gasteiger partial charge in [-0.25, -0.2) is 4.79 Å². The third-order valence-electron chi connectivity index (χ3n) is 4.02. The maximum absolute atomic E-state index is 12.1. The van der Waals surface area contributed by atoms with Crippen molar-refractivity contribution in [1.29, 1.82) is 0 Å². The number of hydrogen-bond acceptors (Lipinski definition) is 3. The van der Waals surface area contributed by atoms with Crippen molar-refractivity contribution < 1.29 is 19.4 Å². The summed E-state index contributed by atoms with van der Waals surface area (Å²) in [7, 11) is 1.65. The molecule has 0 radical (unpaired) electrons. The normalized spacial score (nSPS) is 15.5. The molecular formula is C16H21NO4. The highest BCUT2D eigenvalue weighted by molar-refractivity contribution is 5.87. The van der Waals surface area contributed by atoms with Gasteiger partial charge in [-0.3, -0.25) is 4.79 Å². The first-order valence-electron chi connectivity index (χ1n) is 7.17. The van der Waals surface area contributed by atoms with Crippen molar-refractivity contribution in [3.8, 4) is 0 Å². The largest absolute Gasteiger partial charge is 0.478 e. The van der Waals surface area contributed by atoms with Crippen LogP contribution in [-0.4, -0.2) is 37.2 Å². The fraction of sp³-hybridized carbons (Fsp3) is 0.500. The van der Waals surface area contributed by atoms with Crippen molar-refractivity contribution in [2.45, 2.75) is 25.7 Å². The van der Waals surface area contributed by atoms with E-state index >= 15 is 0 Å². The summed E-state index contributed by atoms with van der Waals surface area (Å²) in [5, 5.41) is 11.8. The molecular weight excluding hydrogens is 270 g/mol. The van der Waals surface area contributed by atoms with Crippen molar-refractivity contribution in [3.05, 3.63) is 35.4 Å². The average molecular weight is 291 g/mol. The zero-order valence-corrected chi connectivity index (χ0v) is 12.2. The predicted octanol–water partition coefficient (Wildman–Crippen LogP) is 1.86. The maximum Gasteiger partial charge on any atom is 0.335 e. The van der Waals surface area contributed by atoms with Gasteiger partial charge in [-0.1, -0.05) is 12.1 Å². The van der Waals surface area contributed by atoms with Crippen LogP contribution in [0.25, 0.3) is 0 Å². The van der Waals surface area contributed by atoms with Crippen LogP contribution in [0, 0.1) is 5.41 Å². The number of hydrogen-bond donors (Lipinski definition) is 2. The Morgan fingerprint density at radius 2 is 1.95 bits per heavy atom. The topological polar surface area (TPSA) is 75.6 Å². The second kappa shape index (κ2) is 6.72. The lowest BCUT2D eigenvalue weighted by molar-refractivity contribution is -0.126. The highest BCUT2D eigenvalue weighted by Gasteiger charge is 2.48. The first kappa shape index (κ1) is 15.5. The van der Waals surface area contributed by atoms with Gasteiger partial charge in [-0.05, 0) is 43.4 Å². The quantitative estimate of drug-likeness (QED) is 0.766. The molecule has 1 amide bonds. The molecule has 0 atom stereocenters. The fourth-order valence-electron chi connectivity index (χ4n) is 2.36. The molecule has 1 aromatic rings. The van der Waals surface area contributed by atoms with Crippen LogP contribution in [0.5, 0.6) is 0 Å². The highest BCUT2D eigenvalue weighted by Crippen LogP contribution is 2.48. The lowest BCUT2D eigenvalue weighted by Crippen LogP contribution is -2.34. The summed E-state index contributed by atoms with van der Waals surface area (Å²) in [4.78, 5) is 22.9. The number of carboxylic acids is 1. The van der Waals surface area contributed by atoms with Gasteiger partial charge in [-0.15, -0.1) is 0 Å². The minimum Gasteiger partial charge on any atom is -0.478 e. The molecule has 1 aromatic carbocycles.